The molecule has 2 rings (SSSR count). The molecular weight excluding hydrogens is 186 g/mol. The maximum absolute atomic E-state index is 9.01. The van der Waals surface area contributed by atoms with Gasteiger partial charge < -0.3 is 4.90 Å². The minimum Gasteiger partial charge on any atom is -0.303 e. The average Bonchev–Trinajstić information content (AvgIpc) is 3.07. The third-order valence-corrected chi connectivity index (χ3v) is 3.49. The van der Waals surface area contributed by atoms with Crippen LogP contribution >= 0.6 is 0 Å². The van der Waals surface area contributed by atoms with Gasteiger partial charge in [-0.2, -0.15) is 5.26 Å². The molecule has 3 heteroatoms. The number of likely N-dealkylation sites (N-methyl/N-ethyl adjacent to an activating group) is 1. The zero-order valence-electron chi connectivity index (χ0n) is 9.74. The fraction of sp³-hybridized carbons (Fsp3) is 0.917. The summed E-state index contributed by atoms with van der Waals surface area (Å²) in [5.41, 5.74) is 0. The molecule has 0 aliphatic heterocycles. The number of hydrogen-bond donors (Lipinski definition) is 1. The molecule has 0 aromatic carbocycles. The van der Waals surface area contributed by atoms with E-state index in [4.69, 9.17) is 5.26 Å². The molecule has 0 spiro atoms. The van der Waals surface area contributed by atoms with E-state index in [1.165, 1.54) is 19.3 Å². The van der Waals surface area contributed by atoms with Gasteiger partial charge in [-0.15, -0.1) is 0 Å². The Morgan fingerprint density at radius 2 is 2.20 bits per heavy atom. The van der Waals surface area contributed by atoms with Gasteiger partial charge in [0.25, 0.3) is 0 Å². The van der Waals surface area contributed by atoms with Crippen LogP contribution in [0.15, 0.2) is 0 Å². The Morgan fingerprint density at radius 1 is 1.53 bits per heavy atom. The topological polar surface area (TPSA) is 39.1 Å². The second-order valence-electron chi connectivity index (χ2n) is 5.32. The second kappa shape index (κ2) is 4.51. The van der Waals surface area contributed by atoms with Crippen LogP contribution in [0.5, 0.6) is 0 Å². The molecule has 2 saturated carbocycles. The lowest BCUT2D eigenvalue weighted by Gasteiger charge is -2.20. The summed E-state index contributed by atoms with van der Waals surface area (Å²) in [6.07, 6.45) is 3.88. The monoisotopic (exact) mass is 207 g/mol. The number of nitrogens with zero attached hydrogens (tertiary/aromatic N) is 2. The number of nitriles is 1. The molecule has 0 aromatic rings. The summed E-state index contributed by atoms with van der Waals surface area (Å²) in [5.74, 6) is 1.79. The maximum Gasteiger partial charge on any atom is 0.108 e. The molecule has 2 fully saturated rings. The van der Waals surface area contributed by atoms with Gasteiger partial charge in [-0.05, 0) is 38.1 Å². The Bertz CT molecular complexity index is 254. The highest BCUT2D eigenvalue weighted by atomic mass is 15.1. The molecule has 3 unspecified atom stereocenters. The van der Waals surface area contributed by atoms with Crippen molar-refractivity contribution in [1.82, 2.24) is 10.2 Å². The maximum atomic E-state index is 9.01. The molecule has 0 radical (unpaired) electrons. The zero-order chi connectivity index (χ0) is 10.8. The van der Waals surface area contributed by atoms with Crippen molar-refractivity contribution in [3.05, 3.63) is 0 Å². The lowest BCUT2D eigenvalue weighted by molar-refractivity contribution is 0.294. The van der Waals surface area contributed by atoms with Crippen LogP contribution in [0.3, 0.4) is 0 Å². The van der Waals surface area contributed by atoms with Crippen molar-refractivity contribution in [2.45, 2.75) is 38.3 Å². The van der Waals surface area contributed by atoms with Crippen LogP contribution in [-0.2, 0) is 0 Å². The van der Waals surface area contributed by atoms with E-state index in [0.29, 0.717) is 6.04 Å². The predicted octanol–water partition coefficient (Wildman–Crippen LogP) is 1.22. The van der Waals surface area contributed by atoms with Gasteiger partial charge in [0, 0.05) is 19.1 Å². The molecule has 3 atom stereocenters. The van der Waals surface area contributed by atoms with Gasteiger partial charge in [0.1, 0.15) is 6.04 Å². The van der Waals surface area contributed by atoms with Crippen LogP contribution in [-0.4, -0.2) is 37.1 Å². The largest absolute Gasteiger partial charge is 0.303 e. The highest BCUT2D eigenvalue weighted by Gasteiger charge is 2.33. The fourth-order valence-electron chi connectivity index (χ4n) is 2.11. The van der Waals surface area contributed by atoms with Gasteiger partial charge in [0.05, 0.1) is 6.07 Å². The van der Waals surface area contributed by atoms with E-state index in [1.807, 2.05) is 0 Å². The average molecular weight is 207 g/mol. The molecule has 0 heterocycles. The van der Waals surface area contributed by atoms with Crippen LogP contribution < -0.4 is 5.32 Å². The molecule has 2 aliphatic carbocycles. The Balaban J connectivity index is 1.66. The van der Waals surface area contributed by atoms with E-state index in [1.54, 1.807) is 0 Å². The SMILES string of the molecule is CC1CC1CN(C)CC(C#N)NC1CC1. The summed E-state index contributed by atoms with van der Waals surface area (Å²) in [5, 5.41) is 12.4. The quantitative estimate of drug-likeness (QED) is 0.712. The fourth-order valence-corrected chi connectivity index (χ4v) is 2.11. The van der Waals surface area contributed by atoms with E-state index >= 15 is 0 Å². The minimum atomic E-state index is 0.0246. The standard InChI is InChI=1S/C12H21N3/c1-9-5-10(9)7-15(2)8-12(6-13)14-11-3-4-11/h9-12,14H,3-5,7-8H2,1-2H3. The molecule has 0 amide bonds. The Morgan fingerprint density at radius 3 is 2.67 bits per heavy atom. The summed E-state index contributed by atoms with van der Waals surface area (Å²) >= 11 is 0. The lowest BCUT2D eigenvalue weighted by Crippen LogP contribution is -2.40. The summed E-state index contributed by atoms with van der Waals surface area (Å²) in [4.78, 5) is 2.30. The number of nitrogens with one attached hydrogen (secondary N) is 1. The van der Waals surface area contributed by atoms with Crippen molar-refractivity contribution in [2.75, 3.05) is 20.1 Å². The lowest BCUT2D eigenvalue weighted by atomic mass is 10.2. The first-order valence-corrected chi connectivity index (χ1v) is 6.03. The van der Waals surface area contributed by atoms with Gasteiger partial charge in [-0.25, -0.2) is 0 Å². The first-order chi connectivity index (χ1) is 7.19. The Labute approximate surface area is 92.4 Å². The van der Waals surface area contributed by atoms with Crippen LogP contribution in [0.1, 0.15) is 26.2 Å². The van der Waals surface area contributed by atoms with E-state index in [0.717, 1.165) is 24.9 Å². The van der Waals surface area contributed by atoms with Crippen LogP contribution in [0.25, 0.3) is 0 Å². The smallest absolute Gasteiger partial charge is 0.108 e. The molecule has 0 saturated heterocycles. The number of rotatable bonds is 6. The van der Waals surface area contributed by atoms with Crippen LogP contribution in [0.2, 0.25) is 0 Å². The van der Waals surface area contributed by atoms with E-state index in [9.17, 15) is 0 Å². The third-order valence-electron chi connectivity index (χ3n) is 3.49. The minimum absolute atomic E-state index is 0.0246. The number of hydrogen-bond acceptors (Lipinski definition) is 3. The molecule has 1 N–H and O–H groups in total. The molecule has 0 bridgehead atoms. The first kappa shape index (κ1) is 10.9. The van der Waals surface area contributed by atoms with Gasteiger partial charge >= 0.3 is 0 Å². The molecule has 84 valence electrons. The van der Waals surface area contributed by atoms with Crippen molar-refractivity contribution in [1.29, 1.82) is 5.26 Å². The normalized spacial score (nSPS) is 31.3. The zero-order valence-corrected chi connectivity index (χ0v) is 9.74. The van der Waals surface area contributed by atoms with Gasteiger partial charge in [0.2, 0.25) is 0 Å². The van der Waals surface area contributed by atoms with Gasteiger partial charge in [-0.1, -0.05) is 6.92 Å². The van der Waals surface area contributed by atoms with Crippen LogP contribution in [0, 0.1) is 23.2 Å². The highest BCUT2D eigenvalue weighted by Crippen LogP contribution is 2.37. The molecule has 15 heavy (non-hydrogen) atoms. The first-order valence-electron chi connectivity index (χ1n) is 6.03. The van der Waals surface area contributed by atoms with Crippen molar-refractivity contribution in [3.63, 3.8) is 0 Å². The van der Waals surface area contributed by atoms with Crippen molar-refractivity contribution in [2.24, 2.45) is 11.8 Å². The molecule has 2 aliphatic rings. The molecule has 0 aromatic heterocycles. The van der Waals surface area contributed by atoms with Gasteiger partial charge in [-0.3, -0.25) is 5.32 Å². The Kier molecular flexibility index (Phi) is 3.28. The third kappa shape index (κ3) is 3.48. The van der Waals surface area contributed by atoms with E-state index in [-0.39, 0.29) is 6.04 Å². The summed E-state index contributed by atoms with van der Waals surface area (Å²) in [7, 11) is 2.13. The van der Waals surface area contributed by atoms with E-state index in [2.05, 4.69) is 30.3 Å². The Hall–Kier alpha value is -0.590. The van der Waals surface area contributed by atoms with E-state index < -0.39 is 0 Å². The molecule has 3 nitrogen and oxygen atoms in total. The second-order valence-corrected chi connectivity index (χ2v) is 5.32. The molecular formula is C12H21N3. The van der Waals surface area contributed by atoms with Crippen molar-refractivity contribution < 1.29 is 0 Å². The highest BCUT2D eigenvalue weighted by molar-refractivity contribution is 4.97. The van der Waals surface area contributed by atoms with Crippen molar-refractivity contribution in [3.8, 4) is 6.07 Å². The summed E-state index contributed by atoms with van der Waals surface area (Å²) < 4.78 is 0. The van der Waals surface area contributed by atoms with Crippen molar-refractivity contribution >= 4 is 0 Å². The predicted molar refractivity (Wildman–Crippen MR) is 60.3 cm³/mol. The summed E-state index contributed by atoms with van der Waals surface area (Å²) in [6.45, 7) is 4.34. The van der Waals surface area contributed by atoms with Gasteiger partial charge in [0.15, 0.2) is 0 Å². The van der Waals surface area contributed by atoms with Crippen LogP contribution in [0.4, 0.5) is 0 Å². The summed E-state index contributed by atoms with van der Waals surface area (Å²) in [6, 6.07) is 3.01.